The number of rotatable bonds is 4. The number of aromatic nitrogens is 3. The largest absolute Gasteiger partial charge is 0.433 e. The molecule has 170 valence electrons. The van der Waals surface area contributed by atoms with Gasteiger partial charge in [-0.05, 0) is 42.8 Å². The van der Waals surface area contributed by atoms with Crippen molar-refractivity contribution >= 4 is 11.5 Å². The molecule has 1 aliphatic rings. The topological polar surface area (TPSA) is 85.4 Å². The molecule has 1 aliphatic heterocycles. The zero-order chi connectivity index (χ0) is 22.0. The Morgan fingerprint density at radius 3 is 2.66 bits per heavy atom. The summed E-state index contributed by atoms with van der Waals surface area (Å²) in [6.45, 7) is 4.09. The lowest BCUT2D eigenvalue weighted by Gasteiger charge is -2.27. The molecular formula is C22H23F4N5O. The molecule has 3 aromatic rings. The van der Waals surface area contributed by atoms with Crippen LogP contribution >= 0.6 is 0 Å². The molecule has 3 N–H and O–H groups in total. The molecule has 0 saturated carbocycles. The molecular weight excluding hydrogens is 426 g/mol. The van der Waals surface area contributed by atoms with Gasteiger partial charge < -0.3 is 15.7 Å². The predicted octanol–water partition coefficient (Wildman–Crippen LogP) is 4.30. The summed E-state index contributed by atoms with van der Waals surface area (Å²) in [7, 11) is 0. The zero-order valence-corrected chi connectivity index (χ0v) is 17.3. The van der Waals surface area contributed by atoms with Crippen LogP contribution in [0.15, 0.2) is 48.8 Å². The number of hydrogen-bond acceptors (Lipinski definition) is 5. The summed E-state index contributed by atoms with van der Waals surface area (Å²) >= 11 is 0. The molecule has 4 heterocycles. The first-order valence-electron chi connectivity index (χ1n) is 9.96. The van der Waals surface area contributed by atoms with E-state index in [0.29, 0.717) is 23.6 Å². The first kappa shape index (κ1) is 23.4. The highest BCUT2D eigenvalue weighted by molar-refractivity contribution is 5.72. The van der Waals surface area contributed by atoms with Crippen molar-refractivity contribution in [3.8, 4) is 11.3 Å². The van der Waals surface area contributed by atoms with Gasteiger partial charge in [0.05, 0.1) is 17.6 Å². The van der Waals surface area contributed by atoms with Gasteiger partial charge in [0.25, 0.3) is 0 Å². The van der Waals surface area contributed by atoms with E-state index in [1.807, 2.05) is 13.0 Å². The summed E-state index contributed by atoms with van der Waals surface area (Å²) in [5, 5.41) is 3.33. The first-order valence-corrected chi connectivity index (χ1v) is 9.96. The fraction of sp³-hybridized carbons (Fsp3) is 0.318. The van der Waals surface area contributed by atoms with Crippen molar-refractivity contribution in [3.63, 3.8) is 0 Å². The van der Waals surface area contributed by atoms with Crippen molar-refractivity contribution in [3.05, 3.63) is 66.0 Å². The van der Waals surface area contributed by atoms with E-state index >= 15 is 0 Å². The van der Waals surface area contributed by atoms with Crippen molar-refractivity contribution < 1.29 is 23.0 Å². The Hall–Kier alpha value is -3.27. The van der Waals surface area contributed by atoms with Crippen LogP contribution in [0.25, 0.3) is 11.3 Å². The van der Waals surface area contributed by atoms with Gasteiger partial charge in [-0.25, -0.2) is 9.37 Å². The molecule has 1 unspecified atom stereocenters. The molecule has 32 heavy (non-hydrogen) atoms. The molecule has 0 fully saturated rings. The summed E-state index contributed by atoms with van der Waals surface area (Å²) < 4.78 is 52.4. The third-order valence-electron chi connectivity index (χ3n) is 5.19. The Balaban J connectivity index is 0.00000289. The summed E-state index contributed by atoms with van der Waals surface area (Å²) in [5.41, 5.74) is 1.43. The molecule has 0 spiro atoms. The normalized spacial score (nSPS) is 14.6. The van der Waals surface area contributed by atoms with E-state index in [1.54, 1.807) is 12.1 Å². The summed E-state index contributed by atoms with van der Waals surface area (Å²) in [6, 6.07) is 9.11. The maximum absolute atomic E-state index is 13.2. The van der Waals surface area contributed by atoms with Crippen LogP contribution in [0.1, 0.15) is 30.7 Å². The quantitative estimate of drug-likeness (QED) is 0.601. The van der Waals surface area contributed by atoms with Crippen LogP contribution in [0.4, 0.5) is 29.1 Å². The monoisotopic (exact) mass is 449 g/mol. The zero-order valence-electron chi connectivity index (χ0n) is 17.3. The standard InChI is InChI=1S/C22H21F4N5.H2O/c1-14(17-4-3-16(23)12-29-17)13-31-10-2-8-27-19-6-5-18(30-21(19)31)15-7-9-28-20(11-15)22(24,25)26;/h3-7,9,11-12,14,27H,2,8,10,13H2,1H3;1H2. The minimum Gasteiger partial charge on any atom is -0.412 e. The summed E-state index contributed by atoms with van der Waals surface area (Å²) in [4.78, 5) is 14.4. The van der Waals surface area contributed by atoms with Gasteiger partial charge in [-0.3, -0.25) is 9.97 Å². The van der Waals surface area contributed by atoms with E-state index < -0.39 is 11.9 Å². The average Bonchev–Trinajstić information content (AvgIpc) is 2.95. The van der Waals surface area contributed by atoms with Crippen molar-refractivity contribution in [1.82, 2.24) is 15.0 Å². The Labute approximate surface area is 182 Å². The molecule has 4 rings (SSSR count). The minimum atomic E-state index is -4.52. The number of anilines is 2. The Bertz CT molecular complexity index is 1060. The molecule has 3 aromatic heterocycles. The first-order chi connectivity index (χ1) is 14.8. The van der Waals surface area contributed by atoms with E-state index in [-0.39, 0.29) is 17.2 Å². The van der Waals surface area contributed by atoms with Crippen LogP contribution in [-0.2, 0) is 6.18 Å². The average molecular weight is 449 g/mol. The molecule has 0 radical (unpaired) electrons. The van der Waals surface area contributed by atoms with E-state index in [9.17, 15) is 17.6 Å². The maximum Gasteiger partial charge on any atom is 0.433 e. The lowest BCUT2D eigenvalue weighted by molar-refractivity contribution is -0.141. The second-order valence-electron chi connectivity index (χ2n) is 7.52. The molecule has 0 saturated heterocycles. The van der Waals surface area contributed by atoms with E-state index in [0.717, 1.165) is 43.2 Å². The van der Waals surface area contributed by atoms with Crippen LogP contribution in [-0.4, -0.2) is 40.1 Å². The molecule has 0 bridgehead atoms. The second kappa shape index (κ2) is 9.47. The SMILES string of the molecule is CC(CN1CCCNc2ccc(-c3ccnc(C(F)(F)F)c3)nc21)c1ccc(F)cn1.O. The van der Waals surface area contributed by atoms with Crippen molar-refractivity contribution in [2.75, 3.05) is 29.9 Å². The highest BCUT2D eigenvalue weighted by atomic mass is 19.4. The Morgan fingerprint density at radius 2 is 1.94 bits per heavy atom. The fourth-order valence-corrected chi connectivity index (χ4v) is 3.61. The van der Waals surface area contributed by atoms with Gasteiger partial charge in [0, 0.05) is 43.0 Å². The third kappa shape index (κ3) is 5.13. The predicted molar refractivity (Wildman–Crippen MR) is 114 cm³/mol. The van der Waals surface area contributed by atoms with Crippen LogP contribution in [0.3, 0.4) is 0 Å². The van der Waals surface area contributed by atoms with Gasteiger partial charge in [0.15, 0.2) is 5.82 Å². The van der Waals surface area contributed by atoms with Crippen LogP contribution in [0.2, 0.25) is 0 Å². The number of halogens is 4. The van der Waals surface area contributed by atoms with Crippen molar-refractivity contribution in [2.24, 2.45) is 0 Å². The number of nitrogens with zero attached hydrogens (tertiary/aromatic N) is 4. The lowest BCUT2D eigenvalue weighted by Crippen LogP contribution is -2.29. The highest BCUT2D eigenvalue weighted by Gasteiger charge is 2.32. The van der Waals surface area contributed by atoms with Crippen LogP contribution in [0, 0.1) is 5.82 Å². The minimum absolute atomic E-state index is 0. The van der Waals surface area contributed by atoms with Crippen LogP contribution < -0.4 is 10.2 Å². The van der Waals surface area contributed by atoms with Gasteiger partial charge in [-0.1, -0.05) is 6.92 Å². The van der Waals surface area contributed by atoms with Crippen LogP contribution in [0.5, 0.6) is 0 Å². The lowest BCUT2D eigenvalue weighted by atomic mass is 10.1. The van der Waals surface area contributed by atoms with E-state index in [1.165, 1.54) is 18.3 Å². The third-order valence-corrected chi connectivity index (χ3v) is 5.19. The van der Waals surface area contributed by atoms with Crippen molar-refractivity contribution in [2.45, 2.75) is 25.4 Å². The molecule has 10 heteroatoms. The fourth-order valence-electron chi connectivity index (χ4n) is 3.61. The summed E-state index contributed by atoms with van der Waals surface area (Å²) in [5.74, 6) is 0.297. The highest BCUT2D eigenvalue weighted by Crippen LogP contribution is 2.33. The molecule has 0 aliphatic carbocycles. The molecule has 1 atom stereocenters. The summed E-state index contributed by atoms with van der Waals surface area (Å²) in [6.07, 6.45) is -1.30. The Morgan fingerprint density at radius 1 is 1.12 bits per heavy atom. The number of hydrogen-bond donors (Lipinski definition) is 1. The van der Waals surface area contributed by atoms with E-state index in [4.69, 9.17) is 4.98 Å². The number of nitrogens with one attached hydrogen (secondary N) is 1. The van der Waals surface area contributed by atoms with Gasteiger partial charge in [0.1, 0.15) is 11.5 Å². The molecule has 0 aromatic carbocycles. The van der Waals surface area contributed by atoms with Gasteiger partial charge in [-0.15, -0.1) is 0 Å². The second-order valence-corrected chi connectivity index (χ2v) is 7.52. The Kier molecular flexibility index (Phi) is 6.93. The number of pyridine rings is 3. The van der Waals surface area contributed by atoms with E-state index in [2.05, 4.69) is 20.2 Å². The number of alkyl halides is 3. The molecule has 6 nitrogen and oxygen atoms in total. The smallest absolute Gasteiger partial charge is 0.412 e. The maximum atomic E-state index is 13.2. The van der Waals surface area contributed by atoms with Gasteiger partial charge in [0.2, 0.25) is 0 Å². The number of fused-ring (bicyclic) bond motifs is 1. The van der Waals surface area contributed by atoms with Gasteiger partial charge >= 0.3 is 6.18 Å². The van der Waals surface area contributed by atoms with Crippen molar-refractivity contribution in [1.29, 1.82) is 0 Å². The molecule has 0 amide bonds. The van der Waals surface area contributed by atoms with Gasteiger partial charge in [-0.2, -0.15) is 13.2 Å².